The van der Waals surface area contributed by atoms with Gasteiger partial charge in [-0.25, -0.2) is 18.1 Å². The molecule has 0 radical (unpaired) electrons. The van der Waals surface area contributed by atoms with E-state index in [4.69, 9.17) is 0 Å². The highest BCUT2D eigenvalue weighted by atomic mass is 32.2. The van der Waals surface area contributed by atoms with Crippen LogP contribution in [0.15, 0.2) is 12.4 Å². The van der Waals surface area contributed by atoms with Crippen LogP contribution in [-0.2, 0) is 10.0 Å². The molecule has 0 amide bonds. The summed E-state index contributed by atoms with van der Waals surface area (Å²) in [5, 5.41) is -0.651. The predicted octanol–water partition coefficient (Wildman–Crippen LogP) is 1.85. The summed E-state index contributed by atoms with van der Waals surface area (Å²) < 4.78 is 28.6. The zero-order valence-electron chi connectivity index (χ0n) is 11.0. The Hall–Kier alpha value is -0.880. The summed E-state index contributed by atoms with van der Waals surface area (Å²) in [6.45, 7) is 9.27. The Morgan fingerprint density at radius 2 is 1.82 bits per heavy atom. The zero-order valence-corrected chi connectivity index (χ0v) is 11.8. The van der Waals surface area contributed by atoms with E-state index in [1.54, 1.807) is 33.2 Å². The fourth-order valence-electron chi connectivity index (χ4n) is 1.65. The number of imidazole rings is 1. The summed E-state index contributed by atoms with van der Waals surface area (Å²) in [7, 11) is -3.37. The number of nitrogens with one attached hydrogen (secondary N) is 1. The van der Waals surface area contributed by atoms with E-state index in [1.165, 1.54) is 0 Å². The summed E-state index contributed by atoms with van der Waals surface area (Å²) in [5.41, 5.74) is 0. The summed E-state index contributed by atoms with van der Waals surface area (Å²) in [4.78, 5) is 4.15. The molecule has 6 heteroatoms. The second-order valence-electron chi connectivity index (χ2n) is 4.75. The molecule has 0 saturated carbocycles. The van der Waals surface area contributed by atoms with Gasteiger partial charge in [-0.1, -0.05) is 0 Å². The lowest BCUT2D eigenvalue weighted by atomic mass is 10.3. The normalized spacial score (nSPS) is 14.5. The van der Waals surface area contributed by atoms with Crippen LogP contribution >= 0.6 is 0 Å². The van der Waals surface area contributed by atoms with Crippen LogP contribution in [-0.4, -0.2) is 24.0 Å². The number of nitrogens with zero attached hydrogens (tertiary/aromatic N) is 2. The minimum absolute atomic E-state index is 0.107. The van der Waals surface area contributed by atoms with Crippen LogP contribution in [0.2, 0.25) is 0 Å². The number of hydrogen-bond donors (Lipinski definition) is 1. The van der Waals surface area contributed by atoms with Gasteiger partial charge in [0.25, 0.3) is 0 Å². The molecule has 0 unspecified atom stereocenters. The van der Waals surface area contributed by atoms with Crippen LogP contribution in [0.5, 0.6) is 0 Å². The molecule has 1 rings (SSSR count). The van der Waals surface area contributed by atoms with Gasteiger partial charge in [-0.15, -0.1) is 0 Å². The van der Waals surface area contributed by atoms with Crippen LogP contribution in [0.3, 0.4) is 0 Å². The summed E-state index contributed by atoms with van der Waals surface area (Å²) in [6.07, 6.45) is 3.44. The molecular formula is C11H21N3O2S. The maximum Gasteiger partial charge on any atom is 0.221 e. The third-order valence-electron chi connectivity index (χ3n) is 2.48. The van der Waals surface area contributed by atoms with Gasteiger partial charge in [0.05, 0.1) is 0 Å². The average molecular weight is 259 g/mol. The molecular weight excluding hydrogens is 238 g/mol. The summed E-state index contributed by atoms with van der Waals surface area (Å²) in [6, 6.07) is 0.0918. The molecule has 0 bridgehead atoms. The minimum Gasteiger partial charge on any atom is -0.331 e. The molecule has 1 aromatic heterocycles. The Labute approximate surface area is 103 Å². The van der Waals surface area contributed by atoms with Crippen molar-refractivity contribution in [3.63, 3.8) is 0 Å². The number of rotatable bonds is 5. The Balaban J connectivity index is 3.04. The molecule has 1 N–H and O–H groups in total. The fourth-order valence-corrected chi connectivity index (χ4v) is 2.97. The third-order valence-corrected chi connectivity index (χ3v) is 4.43. The molecule has 0 aliphatic heterocycles. The Kier molecular flexibility index (Phi) is 4.32. The van der Waals surface area contributed by atoms with Crippen molar-refractivity contribution in [2.75, 3.05) is 0 Å². The molecule has 0 aliphatic rings. The van der Waals surface area contributed by atoms with Crippen molar-refractivity contribution in [2.24, 2.45) is 0 Å². The molecule has 0 aliphatic carbocycles. The largest absolute Gasteiger partial charge is 0.331 e. The lowest BCUT2D eigenvalue weighted by Crippen LogP contribution is -2.34. The number of sulfonamides is 1. The topological polar surface area (TPSA) is 64.0 Å². The SMILES string of the molecule is CC(C)NS(=O)(=O)[C@H](C)c1nccn1C(C)C. The lowest BCUT2D eigenvalue weighted by molar-refractivity contribution is 0.535. The van der Waals surface area contributed by atoms with E-state index in [1.807, 2.05) is 18.4 Å². The smallest absolute Gasteiger partial charge is 0.221 e. The van der Waals surface area contributed by atoms with Crippen molar-refractivity contribution < 1.29 is 8.42 Å². The van der Waals surface area contributed by atoms with E-state index in [-0.39, 0.29) is 12.1 Å². The highest BCUT2D eigenvalue weighted by molar-refractivity contribution is 7.89. The highest BCUT2D eigenvalue weighted by Gasteiger charge is 2.27. The third kappa shape index (κ3) is 3.29. The second-order valence-corrected chi connectivity index (χ2v) is 6.78. The number of aromatic nitrogens is 2. The van der Waals surface area contributed by atoms with E-state index < -0.39 is 15.3 Å². The van der Waals surface area contributed by atoms with Crippen LogP contribution in [0.1, 0.15) is 51.7 Å². The molecule has 0 fully saturated rings. The highest BCUT2D eigenvalue weighted by Crippen LogP contribution is 2.22. The lowest BCUT2D eigenvalue weighted by Gasteiger charge is -2.18. The van der Waals surface area contributed by atoms with Crippen LogP contribution in [0, 0.1) is 0 Å². The summed E-state index contributed by atoms with van der Waals surface area (Å²) in [5.74, 6) is 0.577. The first-order chi connectivity index (χ1) is 7.75. The Bertz CT molecular complexity index is 463. The van der Waals surface area contributed by atoms with Gasteiger partial charge >= 0.3 is 0 Å². The minimum atomic E-state index is -3.37. The quantitative estimate of drug-likeness (QED) is 0.877. The van der Waals surface area contributed by atoms with Crippen molar-refractivity contribution in [3.8, 4) is 0 Å². The van der Waals surface area contributed by atoms with E-state index in [2.05, 4.69) is 9.71 Å². The van der Waals surface area contributed by atoms with Crippen LogP contribution in [0.4, 0.5) is 0 Å². The van der Waals surface area contributed by atoms with Gasteiger partial charge in [0.15, 0.2) is 0 Å². The maximum atomic E-state index is 12.0. The first kappa shape index (κ1) is 14.2. The van der Waals surface area contributed by atoms with Gasteiger partial charge in [-0.2, -0.15) is 0 Å². The van der Waals surface area contributed by atoms with Gasteiger partial charge < -0.3 is 4.57 Å². The average Bonchev–Trinajstić information content (AvgIpc) is 2.62. The van der Waals surface area contributed by atoms with Crippen molar-refractivity contribution >= 4 is 10.0 Å². The fraction of sp³-hybridized carbons (Fsp3) is 0.727. The van der Waals surface area contributed by atoms with Gasteiger partial charge in [0, 0.05) is 24.5 Å². The summed E-state index contributed by atoms with van der Waals surface area (Å²) >= 11 is 0. The van der Waals surface area contributed by atoms with Gasteiger partial charge in [0.2, 0.25) is 10.0 Å². The van der Waals surface area contributed by atoms with Crippen LogP contribution in [0.25, 0.3) is 0 Å². The zero-order chi connectivity index (χ0) is 13.2. The van der Waals surface area contributed by atoms with Crippen molar-refractivity contribution in [1.29, 1.82) is 0 Å². The van der Waals surface area contributed by atoms with Crippen molar-refractivity contribution in [2.45, 2.75) is 52.0 Å². The molecule has 0 spiro atoms. The van der Waals surface area contributed by atoms with Gasteiger partial charge in [-0.3, -0.25) is 0 Å². The van der Waals surface area contributed by atoms with E-state index in [0.29, 0.717) is 5.82 Å². The first-order valence-corrected chi connectivity index (χ1v) is 7.34. The Morgan fingerprint density at radius 3 is 2.29 bits per heavy atom. The maximum absolute atomic E-state index is 12.0. The second kappa shape index (κ2) is 5.18. The van der Waals surface area contributed by atoms with E-state index >= 15 is 0 Å². The predicted molar refractivity (Wildman–Crippen MR) is 68.2 cm³/mol. The van der Waals surface area contributed by atoms with Gasteiger partial charge in [0.1, 0.15) is 11.1 Å². The first-order valence-electron chi connectivity index (χ1n) is 5.79. The van der Waals surface area contributed by atoms with Crippen molar-refractivity contribution in [1.82, 2.24) is 14.3 Å². The molecule has 1 heterocycles. The van der Waals surface area contributed by atoms with Gasteiger partial charge in [-0.05, 0) is 34.6 Å². The molecule has 1 aromatic rings. The number of hydrogen-bond acceptors (Lipinski definition) is 3. The standard InChI is InChI=1S/C11H21N3O2S/c1-8(2)13-17(15,16)10(5)11-12-6-7-14(11)9(3)4/h6-10,13H,1-5H3/t10-/m1/s1. The van der Waals surface area contributed by atoms with E-state index in [0.717, 1.165) is 0 Å². The monoisotopic (exact) mass is 259 g/mol. The van der Waals surface area contributed by atoms with E-state index in [9.17, 15) is 8.42 Å². The molecule has 17 heavy (non-hydrogen) atoms. The molecule has 0 aromatic carbocycles. The van der Waals surface area contributed by atoms with Crippen LogP contribution < -0.4 is 4.72 Å². The Morgan fingerprint density at radius 1 is 1.24 bits per heavy atom. The molecule has 98 valence electrons. The molecule has 1 atom stereocenters. The molecule has 5 nitrogen and oxygen atoms in total. The van der Waals surface area contributed by atoms with Crippen molar-refractivity contribution in [3.05, 3.63) is 18.2 Å². The molecule has 0 saturated heterocycles.